The van der Waals surface area contributed by atoms with Gasteiger partial charge >= 0.3 is 5.97 Å². The second-order valence-electron chi connectivity index (χ2n) is 6.68. The lowest BCUT2D eigenvalue weighted by Crippen LogP contribution is -2.44. The number of hydrogen-bond acceptors (Lipinski definition) is 4. The van der Waals surface area contributed by atoms with Crippen molar-refractivity contribution in [2.75, 3.05) is 12.4 Å². The van der Waals surface area contributed by atoms with Crippen LogP contribution in [0.2, 0.25) is 10.0 Å². The minimum atomic E-state index is -1.13. The Hall–Kier alpha value is -2.50. The largest absolute Gasteiger partial charge is 0.475 e. The lowest BCUT2D eigenvalue weighted by molar-refractivity contribution is -0.159. The molecule has 0 aliphatic carbocycles. The summed E-state index contributed by atoms with van der Waals surface area (Å²) in [6.07, 6.45) is 2.55. The van der Waals surface area contributed by atoms with Crippen LogP contribution in [0.25, 0.3) is 11.6 Å². The van der Waals surface area contributed by atoms with E-state index in [4.69, 9.17) is 32.7 Å². The number of methoxy groups -OCH3 is 1. The minimum Gasteiger partial charge on any atom is -0.475 e. The topological polar surface area (TPSA) is 64.6 Å². The van der Waals surface area contributed by atoms with Crippen LogP contribution in [0.15, 0.2) is 36.4 Å². The zero-order valence-corrected chi connectivity index (χ0v) is 17.9. The highest BCUT2D eigenvalue weighted by Gasteiger charge is 2.39. The van der Waals surface area contributed by atoms with Crippen molar-refractivity contribution in [3.8, 4) is 5.75 Å². The minimum absolute atomic E-state index is 0.251. The molecule has 0 fully saturated rings. The molecule has 1 heterocycles. The van der Waals surface area contributed by atoms with Crippen LogP contribution < -0.4 is 10.1 Å². The molecule has 152 valence electrons. The average molecular weight is 434 g/mol. The van der Waals surface area contributed by atoms with E-state index in [2.05, 4.69) is 5.32 Å². The lowest BCUT2D eigenvalue weighted by atomic mass is 9.96. The van der Waals surface area contributed by atoms with Gasteiger partial charge in [0, 0.05) is 26.7 Å². The van der Waals surface area contributed by atoms with Crippen molar-refractivity contribution < 1.29 is 19.1 Å². The van der Waals surface area contributed by atoms with E-state index in [0.29, 0.717) is 45.5 Å². The first-order valence-electron chi connectivity index (χ1n) is 9.23. The highest BCUT2D eigenvalue weighted by Crippen LogP contribution is 2.38. The fraction of sp³-hybridized carbons (Fsp3) is 0.273. The number of nitrogens with one attached hydrogen (secondary N) is 1. The maximum atomic E-state index is 12.5. The van der Waals surface area contributed by atoms with Gasteiger partial charge in [-0.1, -0.05) is 43.1 Å². The number of amides is 1. The van der Waals surface area contributed by atoms with Gasteiger partial charge in [0.05, 0.1) is 12.8 Å². The molecule has 0 saturated carbocycles. The van der Waals surface area contributed by atoms with Gasteiger partial charge in [0.15, 0.2) is 0 Å². The van der Waals surface area contributed by atoms with Gasteiger partial charge in [-0.25, -0.2) is 4.79 Å². The maximum absolute atomic E-state index is 12.5. The summed E-state index contributed by atoms with van der Waals surface area (Å²) in [5, 5.41) is 3.82. The molecule has 0 spiro atoms. The van der Waals surface area contributed by atoms with Crippen molar-refractivity contribution in [2.24, 2.45) is 0 Å². The first kappa shape index (κ1) is 21.2. The van der Waals surface area contributed by atoms with Crippen molar-refractivity contribution in [2.45, 2.75) is 32.3 Å². The van der Waals surface area contributed by atoms with Crippen molar-refractivity contribution >= 4 is 52.4 Å². The Kier molecular flexibility index (Phi) is 6.20. The third-order valence-electron chi connectivity index (χ3n) is 5.04. The summed E-state index contributed by atoms with van der Waals surface area (Å²) in [6.45, 7) is 3.72. The molecule has 0 saturated heterocycles. The summed E-state index contributed by atoms with van der Waals surface area (Å²) in [5.41, 5.74) is 1.29. The third-order valence-corrected chi connectivity index (χ3v) is 5.51. The second-order valence-corrected chi connectivity index (χ2v) is 7.55. The molecule has 0 aromatic heterocycles. The van der Waals surface area contributed by atoms with Crippen LogP contribution in [0.4, 0.5) is 5.69 Å². The second kappa shape index (κ2) is 8.47. The van der Waals surface area contributed by atoms with Crippen molar-refractivity contribution in [1.82, 2.24) is 0 Å². The number of benzene rings is 2. The molecular weight excluding hydrogens is 413 g/mol. The number of ether oxygens (including phenoxy) is 2. The van der Waals surface area contributed by atoms with Crippen LogP contribution >= 0.6 is 23.2 Å². The first-order valence-corrected chi connectivity index (χ1v) is 9.99. The van der Waals surface area contributed by atoms with Gasteiger partial charge < -0.3 is 14.8 Å². The number of anilines is 1. The third kappa shape index (κ3) is 4.11. The van der Waals surface area contributed by atoms with Gasteiger partial charge in [-0.05, 0) is 49.2 Å². The number of hydrogen-bond donors (Lipinski definition) is 1. The molecular formula is C22H21Cl2NO4. The highest BCUT2D eigenvalue weighted by molar-refractivity contribution is 6.37. The van der Waals surface area contributed by atoms with E-state index in [0.717, 1.165) is 5.56 Å². The number of esters is 1. The Labute approximate surface area is 179 Å². The highest BCUT2D eigenvalue weighted by atomic mass is 35.5. The smallest absolute Gasteiger partial charge is 0.350 e. The average Bonchev–Trinajstić information content (AvgIpc) is 3.01. The Morgan fingerprint density at radius 3 is 2.41 bits per heavy atom. The maximum Gasteiger partial charge on any atom is 0.350 e. The van der Waals surface area contributed by atoms with Crippen LogP contribution in [0.5, 0.6) is 5.75 Å². The van der Waals surface area contributed by atoms with Gasteiger partial charge in [0.1, 0.15) is 5.75 Å². The van der Waals surface area contributed by atoms with Crippen LogP contribution in [0.1, 0.15) is 37.8 Å². The van der Waals surface area contributed by atoms with E-state index in [1.807, 2.05) is 13.8 Å². The van der Waals surface area contributed by atoms with E-state index < -0.39 is 11.6 Å². The molecule has 2 aromatic rings. The van der Waals surface area contributed by atoms with E-state index in [-0.39, 0.29) is 5.91 Å². The summed E-state index contributed by atoms with van der Waals surface area (Å²) in [7, 11) is 1.33. The van der Waals surface area contributed by atoms with Gasteiger partial charge in [0.25, 0.3) is 5.91 Å². The molecule has 5 nitrogen and oxygen atoms in total. The fourth-order valence-electron chi connectivity index (χ4n) is 3.31. The van der Waals surface area contributed by atoms with Crippen molar-refractivity contribution in [3.63, 3.8) is 0 Å². The molecule has 0 radical (unpaired) electrons. The first-order chi connectivity index (χ1) is 13.8. The Morgan fingerprint density at radius 1 is 1.10 bits per heavy atom. The fourth-order valence-corrected chi connectivity index (χ4v) is 3.66. The molecule has 2 aromatic carbocycles. The normalized spacial score (nSPS) is 14.5. The number of fused-ring (bicyclic) bond motifs is 1. The van der Waals surface area contributed by atoms with Crippen molar-refractivity contribution in [3.05, 3.63) is 57.6 Å². The molecule has 1 aliphatic rings. The number of rotatable bonds is 6. The SMILES string of the molecule is CCC(CC)(Oc1ccc(Cl)cc1/C=C1/C(=O)Nc2cc(Cl)ccc21)C(=O)OC. The molecule has 29 heavy (non-hydrogen) atoms. The van der Waals surface area contributed by atoms with Gasteiger partial charge in [-0.3, -0.25) is 4.79 Å². The van der Waals surface area contributed by atoms with Crippen LogP contribution in [-0.2, 0) is 14.3 Å². The van der Waals surface area contributed by atoms with Gasteiger partial charge in [0.2, 0.25) is 5.60 Å². The Bertz CT molecular complexity index is 996. The molecule has 0 unspecified atom stereocenters. The van der Waals surface area contributed by atoms with Gasteiger partial charge in [-0.15, -0.1) is 0 Å². The van der Waals surface area contributed by atoms with E-state index in [1.165, 1.54) is 7.11 Å². The standard InChI is InChI=1S/C22H21Cl2NO4/c1-4-22(5-2,21(27)28-3)29-19-9-7-14(23)10-13(19)11-17-16-8-6-15(24)12-18(16)25-20(17)26/h6-12H,4-5H2,1-3H3,(H,25,26)/b17-11+. The van der Waals surface area contributed by atoms with E-state index in [9.17, 15) is 9.59 Å². The monoisotopic (exact) mass is 433 g/mol. The van der Waals surface area contributed by atoms with E-state index >= 15 is 0 Å². The predicted octanol–water partition coefficient (Wildman–Crippen LogP) is 5.60. The molecule has 1 aliphatic heterocycles. The molecule has 3 rings (SSSR count). The zero-order valence-electron chi connectivity index (χ0n) is 16.3. The van der Waals surface area contributed by atoms with Crippen molar-refractivity contribution in [1.29, 1.82) is 0 Å². The van der Waals surface area contributed by atoms with Crippen LogP contribution in [0, 0.1) is 0 Å². The zero-order chi connectivity index (χ0) is 21.2. The Balaban J connectivity index is 2.08. The summed E-state index contributed by atoms with van der Waals surface area (Å²) in [4.78, 5) is 24.9. The molecule has 1 N–H and O–H groups in total. The predicted molar refractivity (Wildman–Crippen MR) is 115 cm³/mol. The van der Waals surface area contributed by atoms with E-state index in [1.54, 1.807) is 42.5 Å². The van der Waals surface area contributed by atoms with Crippen LogP contribution in [0.3, 0.4) is 0 Å². The molecule has 0 bridgehead atoms. The lowest BCUT2D eigenvalue weighted by Gasteiger charge is -2.30. The number of halogens is 2. The summed E-state index contributed by atoms with van der Waals surface area (Å²) < 4.78 is 11.1. The summed E-state index contributed by atoms with van der Waals surface area (Å²) >= 11 is 12.2. The summed E-state index contributed by atoms with van der Waals surface area (Å²) in [6, 6.07) is 10.3. The summed E-state index contributed by atoms with van der Waals surface area (Å²) in [5.74, 6) is -0.265. The molecule has 7 heteroatoms. The Morgan fingerprint density at radius 2 is 1.76 bits per heavy atom. The number of carbonyl (C=O) groups excluding carboxylic acids is 2. The molecule has 1 amide bonds. The number of carbonyl (C=O) groups is 2. The molecule has 0 atom stereocenters. The quantitative estimate of drug-likeness (QED) is 0.475. The van der Waals surface area contributed by atoms with Gasteiger partial charge in [-0.2, -0.15) is 0 Å². The van der Waals surface area contributed by atoms with Crippen LogP contribution in [-0.4, -0.2) is 24.6 Å².